The number of ether oxygens (including phenoxy) is 1. The van der Waals surface area contributed by atoms with Crippen LogP contribution in [0.4, 0.5) is 0 Å². The predicted molar refractivity (Wildman–Crippen MR) is 51.2 cm³/mol. The van der Waals surface area contributed by atoms with E-state index in [1.54, 1.807) is 0 Å². The molecule has 0 aromatic carbocycles. The van der Waals surface area contributed by atoms with Crippen molar-refractivity contribution in [2.75, 3.05) is 6.61 Å². The fraction of sp³-hybridized carbons (Fsp3) is 1.00. The van der Waals surface area contributed by atoms with E-state index in [-0.39, 0.29) is 6.10 Å². The molecule has 0 aliphatic rings. The molecule has 0 saturated carbocycles. The van der Waals surface area contributed by atoms with Gasteiger partial charge >= 0.3 is 0 Å². The molecule has 0 rings (SSSR count). The predicted octanol–water partition coefficient (Wildman–Crippen LogP) is 2.35. The summed E-state index contributed by atoms with van der Waals surface area (Å²) < 4.78 is 5.40. The monoisotopic (exact) mass is 174 g/mol. The summed E-state index contributed by atoms with van der Waals surface area (Å²) >= 11 is 0. The fourth-order valence-electron chi connectivity index (χ4n) is 1.14. The molecule has 1 atom stereocenters. The largest absolute Gasteiger partial charge is 0.387 e. The summed E-state index contributed by atoms with van der Waals surface area (Å²) in [6.07, 6.45) is 2.81. The third kappa shape index (κ3) is 4.73. The highest BCUT2D eigenvalue weighted by atomic mass is 16.5. The first-order chi connectivity index (χ1) is 5.54. The van der Waals surface area contributed by atoms with Crippen LogP contribution in [-0.2, 0) is 4.74 Å². The molecule has 0 aliphatic carbocycles. The van der Waals surface area contributed by atoms with Gasteiger partial charge in [-0.3, -0.25) is 0 Å². The quantitative estimate of drug-likeness (QED) is 0.669. The molecule has 0 aromatic heterocycles. The van der Waals surface area contributed by atoms with Gasteiger partial charge in [0.2, 0.25) is 0 Å². The zero-order chi connectivity index (χ0) is 9.61. The molecule has 0 saturated heterocycles. The lowest BCUT2D eigenvalue weighted by molar-refractivity contribution is -0.0714. The molecule has 2 nitrogen and oxygen atoms in total. The Bertz CT molecular complexity index is 112. The van der Waals surface area contributed by atoms with Crippen LogP contribution in [0, 0.1) is 0 Å². The Morgan fingerprint density at radius 3 is 2.25 bits per heavy atom. The first-order valence-electron chi connectivity index (χ1n) is 4.88. The van der Waals surface area contributed by atoms with Crippen molar-refractivity contribution in [3.63, 3.8) is 0 Å². The van der Waals surface area contributed by atoms with Crippen LogP contribution in [0.2, 0.25) is 0 Å². The highest BCUT2D eigenvalue weighted by molar-refractivity contribution is 4.75. The standard InChI is InChI=1S/C10H22O2/c1-5-7-10(11,6-2)8-12-9(3)4/h9,11H,5-8H2,1-4H3. The van der Waals surface area contributed by atoms with E-state index in [0.29, 0.717) is 6.61 Å². The van der Waals surface area contributed by atoms with E-state index in [9.17, 15) is 5.11 Å². The number of hydrogen-bond donors (Lipinski definition) is 1. The minimum atomic E-state index is -0.598. The van der Waals surface area contributed by atoms with E-state index >= 15 is 0 Å². The lowest BCUT2D eigenvalue weighted by atomic mass is 9.96. The minimum absolute atomic E-state index is 0.208. The lowest BCUT2D eigenvalue weighted by Crippen LogP contribution is -2.34. The van der Waals surface area contributed by atoms with E-state index in [2.05, 4.69) is 6.92 Å². The number of hydrogen-bond acceptors (Lipinski definition) is 2. The van der Waals surface area contributed by atoms with Gasteiger partial charge in [0.25, 0.3) is 0 Å². The molecule has 0 aliphatic heterocycles. The van der Waals surface area contributed by atoms with Gasteiger partial charge in [-0.2, -0.15) is 0 Å². The van der Waals surface area contributed by atoms with Crippen molar-refractivity contribution in [1.29, 1.82) is 0 Å². The molecular weight excluding hydrogens is 152 g/mol. The zero-order valence-electron chi connectivity index (χ0n) is 8.76. The van der Waals surface area contributed by atoms with Gasteiger partial charge in [-0.05, 0) is 26.7 Å². The van der Waals surface area contributed by atoms with Crippen LogP contribution in [0.15, 0.2) is 0 Å². The molecule has 1 unspecified atom stereocenters. The van der Waals surface area contributed by atoms with Crippen LogP contribution >= 0.6 is 0 Å². The maximum absolute atomic E-state index is 9.94. The maximum atomic E-state index is 9.94. The van der Waals surface area contributed by atoms with Gasteiger partial charge in [-0.25, -0.2) is 0 Å². The normalized spacial score (nSPS) is 16.5. The van der Waals surface area contributed by atoms with Crippen LogP contribution in [0.3, 0.4) is 0 Å². The Balaban J connectivity index is 3.78. The summed E-state index contributed by atoms with van der Waals surface area (Å²) in [5.41, 5.74) is -0.598. The minimum Gasteiger partial charge on any atom is -0.387 e. The lowest BCUT2D eigenvalue weighted by Gasteiger charge is -2.27. The third-order valence-electron chi connectivity index (χ3n) is 2.06. The van der Waals surface area contributed by atoms with E-state index in [0.717, 1.165) is 19.3 Å². The smallest absolute Gasteiger partial charge is 0.0877 e. The second-order valence-electron chi connectivity index (χ2n) is 3.69. The highest BCUT2D eigenvalue weighted by Gasteiger charge is 2.23. The number of rotatable bonds is 6. The van der Waals surface area contributed by atoms with Gasteiger partial charge in [0, 0.05) is 0 Å². The van der Waals surface area contributed by atoms with Crippen LogP contribution in [0.5, 0.6) is 0 Å². The summed E-state index contributed by atoms with van der Waals surface area (Å²) in [6, 6.07) is 0. The van der Waals surface area contributed by atoms with Gasteiger partial charge < -0.3 is 9.84 Å². The molecule has 0 spiro atoms. The van der Waals surface area contributed by atoms with Crippen molar-refractivity contribution in [3.8, 4) is 0 Å². The second kappa shape index (κ2) is 5.55. The zero-order valence-corrected chi connectivity index (χ0v) is 8.76. The molecular formula is C10H22O2. The summed E-state index contributed by atoms with van der Waals surface area (Å²) in [5, 5.41) is 9.94. The molecule has 2 heteroatoms. The molecule has 0 heterocycles. The van der Waals surface area contributed by atoms with Crippen molar-refractivity contribution >= 4 is 0 Å². The molecule has 12 heavy (non-hydrogen) atoms. The Hall–Kier alpha value is -0.0800. The summed E-state index contributed by atoms with van der Waals surface area (Å²) in [6.45, 7) is 8.52. The number of aliphatic hydroxyl groups is 1. The van der Waals surface area contributed by atoms with Crippen molar-refractivity contribution in [3.05, 3.63) is 0 Å². The van der Waals surface area contributed by atoms with Crippen LogP contribution in [-0.4, -0.2) is 23.4 Å². The second-order valence-corrected chi connectivity index (χ2v) is 3.69. The van der Waals surface area contributed by atoms with Crippen molar-refractivity contribution in [2.45, 2.75) is 58.7 Å². The van der Waals surface area contributed by atoms with E-state index in [1.807, 2.05) is 20.8 Å². The first-order valence-corrected chi connectivity index (χ1v) is 4.88. The van der Waals surface area contributed by atoms with Crippen LogP contribution in [0.1, 0.15) is 47.0 Å². The van der Waals surface area contributed by atoms with Gasteiger partial charge in [-0.15, -0.1) is 0 Å². The Labute approximate surface area is 75.9 Å². The van der Waals surface area contributed by atoms with Gasteiger partial charge in [0.05, 0.1) is 18.3 Å². The average Bonchev–Trinajstić information content (AvgIpc) is 2.02. The van der Waals surface area contributed by atoms with Gasteiger partial charge in [-0.1, -0.05) is 20.3 Å². The van der Waals surface area contributed by atoms with Crippen molar-refractivity contribution in [2.24, 2.45) is 0 Å². The first kappa shape index (κ1) is 11.9. The molecule has 0 aromatic rings. The van der Waals surface area contributed by atoms with Gasteiger partial charge in [0.1, 0.15) is 0 Å². The van der Waals surface area contributed by atoms with E-state index < -0.39 is 5.60 Å². The van der Waals surface area contributed by atoms with E-state index in [4.69, 9.17) is 4.74 Å². The molecule has 74 valence electrons. The maximum Gasteiger partial charge on any atom is 0.0877 e. The van der Waals surface area contributed by atoms with Crippen molar-refractivity contribution < 1.29 is 9.84 Å². The highest BCUT2D eigenvalue weighted by Crippen LogP contribution is 2.17. The van der Waals surface area contributed by atoms with Crippen molar-refractivity contribution in [1.82, 2.24) is 0 Å². The molecule has 1 N–H and O–H groups in total. The molecule has 0 radical (unpaired) electrons. The Kier molecular flexibility index (Phi) is 5.51. The van der Waals surface area contributed by atoms with Crippen LogP contribution < -0.4 is 0 Å². The average molecular weight is 174 g/mol. The SMILES string of the molecule is CCCC(O)(CC)COC(C)C. The fourth-order valence-corrected chi connectivity index (χ4v) is 1.14. The summed E-state index contributed by atoms with van der Waals surface area (Å²) in [4.78, 5) is 0. The third-order valence-corrected chi connectivity index (χ3v) is 2.06. The van der Waals surface area contributed by atoms with E-state index in [1.165, 1.54) is 0 Å². The Morgan fingerprint density at radius 1 is 1.33 bits per heavy atom. The van der Waals surface area contributed by atoms with Gasteiger partial charge in [0.15, 0.2) is 0 Å². The Morgan fingerprint density at radius 2 is 1.92 bits per heavy atom. The molecule has 0 bridgehead atoms. The topological polar surface area (TPSA) is 29.5 Å². The summed E-state index contributed by atoms with van der Waals surface area (Å²) in [5.74, 6) is 0. The summed E-state index contributed by atoms with van der Waals surface area (Å²) in [7, 11) is 0. The molecule has 0 amide bonds. The van der Waals surface area contributed by atoms with Crippen LogP contribution in [0.25, 0.3) is 0 Å². The molecule has 0 fully saturated rings.